The number of carbonyl (C=O) groups is 1. The summed E-state index contributed by atoms with van der Waals surface area (Å²) in [5.74, 6) is 0.865. The molecule has 0 fully saturated rings. The lowest BCUT2D eigenvalue weighted by Crippen LogP contribution is -2.24. The molecule has 1 aliphatic heterocycles. The first-order valence-electron chi connectivity index (χ1n) is 10.4. The van der Waals surface area contributed by atoms with E-state index in [4.69, 9.17) is 14.2 Å². The summed E-state index contributed by atoms with van der Waals surface area (Å²) in [5, 5.41) is 2.74. The van der Waals surface area contributed by atoms with Crippen molar-refractivity contribution in [1.29, 1.82) is 0 Å². The number of allylic oxidation sites excluding steroid dienone is 1. The Morgan fingerprint density at radius 1 is 1.24 bits per heavy atom. The van der Waals surface area contributed by atoms with Gasteiger partial charge in [0.2, 0.25) is 0 Å². The molecule has 0 aliphatic carbocycles. The van der Waals surface area contributed by atoms with Crippen molar-refractivity contribution >= 4 is 17.7 Å². The van der Waals surface area contributed by atoms with Crippen molar-refractivity contribution in [3.05, 3.63) is 40.8 Å². The molecule has 0 N–H and O–H groups in total. The standard InChI is InChI=1S/C24H36O4S/c1-16(2)22(24(4,5)6)18-10-11-21(20(15-18)23(25)26-7)28-17(3)27-13-12-19-9-8-14-29-19/h8,10-11,14-17,19,22H,9,12-13H2,1-7H3. The Bertz CT molecular complexity index is 697. The molecule has 5 heteroatoms. The third-order valence-corrected chi connectivity index (χ3v) is 6.38. The Labute approximate surface area is 180 Å². The van der Waals surface area contributed by atoms with Crippen LogP contribution >= 0.6 is 11.8 Å². The molecule has 0 saturated heterocycles. The highest BCUT2D eigenvalue weighted by molar-refractivity contribution is 8.03. The number of hydrogen-bond donors (Lipinski definition) is 0. The predicted octanol–water partition coefficient (Wildman–Crippen LogP) is 6.41. The lowest BCUT2D eigenvalue weighted by Gasteiger charge is -2.35. The molecule has 3 atom stereocenters. The molecule has 4 nitrogen and oxygen atoms in total. The van der Waals surface area contributed by atoms with Crippen LogP contribution in [0.15, 0.2) is 29.7 Å². The topological polar surface area (TPSA) is 44.8 Å². The number of benzene rings is 1. The fourth-order valence-corrected chi connectivity index (χ4v) is 5.09. The molecule has 0 aromatic heterocycles. The first-order chi connectivity index (χ1) is 13.6. The largest absolute Gasteiger partial charge is 0.465 e. The minimum absolute atomic E-state index is 0.0768. The van der Waals surface area contributed by atoms with E-state index in [-0.39, 0.29) is 11.4 Å². The number of esters is 1. The van der Waals surface area contributed by atoms with Gasteiger partial charge in [-0.25, -0.2) is 4.79 Å². The number of rotatable bonds is 9. The van der Waals surface area contributed by atoms with Crippen LogP contribution in [0.3, 0.4) is 0 Å². The van der Waals surface area contributed by atoms with E-state index in [1.165, 1.54) is 7.11 Å². The fourth-order valence-electron chi connectivity index (χ4n) is 4.19. The van der Waals surface area contributed by atoms with Crippen LogP contribution in [0.4, 0.5) is 0 Å². The van der Waals surface area contributed by atoms with E-state index in [0.29, 0.717) is 35.0 Å². The van der Waals surface area contributed by atoms with Crippen LogP contribution in [0.5, 0.6) is 5.75 Å². The van der Waals surface area contributed by atoms with E-state index in [1.54, 1.807) is 0 Å². The zero-order chi connectivity index (χ0) is 21.6. The maximum absolute atomic E-state index is 12.4. The molecular formula is C24H36O4S. The molecule has 0 spiro atoms. The van der Waals surface area contributed by atoms with Gasteiger partial charge in [0, 0.05) is 5.25 Å². The molecule has 1 heterocycles. The molecule has 29 heavy (non-hydrogen) atoms. The minimum Gasteiger partial charge on any atom is -0.465 e. The van der Waals surface area contributed by atoms with E-state index in [0.717, 1.165) is 18.4 Å². The van der Waals surface area contributed by atoms with Gasteiger partial charge < -0.3 is 14.2 Å². The third-order valence-electron chi connectivity index (χ3n) is 5.22. The van der Waals surface area contributed by atoms with Gasteiger partial charge in [-0.05, 0) is 60.1 Å². The molecule has 3 unspecified atom stereocenters. The first-order valence-corrected chi connectivity index (χ1v) is 11.4. The third kappa shape index (κ3) is 6.78. The van der Waals surface area contributed by atoms with Gasteiger partial charge in [-0.2, -0.15) is 0 Å². The number of carbonyl (C=O) groups excluding carboxylic acids is 1. The predicted molar refractivity (Wildman–Crippen MR) is 121 cm³/mol. The first kappa shape index (κ1) is 23.8. The Hall–Kier alpha value is -1.46. The smallest absolute Gasteiger partial charge is 0.341 e. The van der Waals surface area contributed by atoms with Gasteiger partial charge in [0.25, 0.3) is 0 Å². The molecule has 2 rings (SSSR count). The zero-order valence-electron chi connectivity index (χ0n) is 18.9. The molecule has 162 valence electrons. The highest BCUT2D eigenvalue weighted by Crippen LogP contribution is 2.42. The van der Waals surface area contributed by atoms with Crippen molar-refractivity contribution < 1.29 is 19.0 Å². The molecule has 0 radical (unpaired) electrons. The van der Waals surface area contributed by atoms with Gasteiger partial charge >= 0.3 is 5.97 Å². The lowest BCUT2D eigenvalue weighted by molar-refractivity contribution is -0.0676. The van der Waals surface area contributed by atoms with Crippen molar-refractivity contribution in [2.24, 2.45) is 11.3 Å². The molecule has 0 bridgehead atoms. The highest BCUT2D eigenvalue weighted by atomic mass is 32.2. The summed E-state index contributed by atoms with van der Waals surface area (Å²) in [5.41, 5.74) is 1.65. The second-order valence-corrected chi connectivity index (χ2v) is 10.3. The normalized spacial score (nSPS) is 18.7. The van der Waals surface area contributed by atoms with Crippen molar-refractivity contribution in [1.82, 2.24) is 0 Å². The SMILES string of the molecule is COC(=O)c1cc(C(C(C)C)C(C)(C)C)ccc1OC(C)OCCC1CC=CS1. The number of hydrogen-bond acceptors (Lipinski definition) is 5. The van der Waals surface area contributed by atoms with Crippen molar-refractivity contribution in [3.8, 4) is 5.75 Å². The summed E-state index contributed by atoms with van der Waals surface area (Å²) in [4.78, 5) is 12.4. The highest BCUT2D eigenvalue weighted by Gasteiger charge is 2.30. The Balaban J connectivity index is 2.13. The molecule has 1 aromatic rings. The van der Waals surface area contributed by atoms with Crippen LogP contribution in [0, 0.1) is 11.3 Å². The Morgan fingerprint density at radius 2 is 1.97 bits per heavy atom. The summed E-state index contributed by atoms with van der Waals surface area (Å²) in [7, 11) is 1.40. The van der Waals surface area contributed by atoms with Crippen LogP contribution in [-0.2, 0) is 9.47 Å². The number of ether oxygens (including phenoxy) is 3. The summed E-state index contributed by atoms with van der Waals surface area (Å²) in [6.45, 7) is 13.6. The van der Waals surface area contributed by atoms with Gasteiger partial charge in [-0.15, -0.1) is 11.8 Å². The molecule has 0 amide bonds. The van der Waals surface area contributed by atoms with Crippen molar-refractivity contribution in [2.75, 3.05) is 13.7 Å². The van der Waals surface area contributed by atoms with Gasteiger partial charge in [0.05, 0.1) is 13.7 Å². The maximum Gasteiger partial charge on any atom is 0.341 e. The zero-order valence-corrected chi connectivity index (χ0v) is 19.7. The van der Waals surface area contributed by atoms with Crippen LogP contribution in [0.25, 0.3) is 0 Å². The van der Waals surface area contributed by atoms with Gasteiger partial charge in [-0.1, -0.05) is 46.8 Å². The number of thioether (sulfide) groups is 1. The second-order valence-electron chi connectivity index (χ2n) is 9.05. The molecule has 1 aliphatic rings. The molecule has 1 aromatic carbocycles. The average molecular weight is 421 g/mol. The van der Waals surface area contributed by atoms with E-state index in [2.05, 4.69) is 52.2 Å². The molecule has 0 saturated carbocycles. The van der Waals surface area contributed by atoms with E-state index >= 15 is 0 Å². The summed E-state index contributed by atoms with van der Waals surface area (Å²) in [6.07, 6.45) is 3.84. The quantitative estimate of drug-likeness (QED) is 0.341. The summed E-state index contributed by atoms with van der Waals surface area (Å²) < 4.78 is 16.8. The van der Waals surface area contributed by atoms with Gasteiger partial charge in [0.1, 0.15) is 11.3 Å². The average Bonchev–Trinajstić information content (AvgIpc) is 3.14. The van der Waals surface area contributed by atoms with Crippen LogP contribution in [0.1, 0.15) is 76.2 Å². The minimum atomic E-state index is -0.438. The van der Waals surface area contributed by atoms with E-state index in [1.807, 2.05) is 30.8 Å². The maximum atomic E-state index is 12.4. The summed E-state index contributed by atoms with van der Waals surface area (Å²) >= 11 is 1.85. The fraction of sp³-hybridized carbons (Fsp3) is 0.625. The van der Waals surface area contributed by atoms with Crippen molar-refractivity contribution in [2.45, 2.75) is 71.8 Å². The summed E-state index contributed by atoms with van der Waals surface area (Å²) in [6, 6.07) is 5.86. The second kappa shape index (κ2) is 10.5. The van der Waals surface area contributed by atoms with Gasteiger partial charge in [0.15, 0.2) is 6.29 Å². The monoisotopic (exact) mass is 420 g/mol. The van der Waals surface area contributed by atoms with E-state index in [9.17, 15) is 4.79 Å². The van der Waals surface area contributed by atoms with Crippen LogP contribution in [-0.4, -0.2) is 31.2 Å². The van der Waals surface area contributed by atoms with E-state index < -0.39 is 6.29 Å². The van der Waals surface area contributed by atoms with Crippen molar-refractivity contribution in [3.63, 3.8) is 0 Å². The number of methoxy groups -OCH3 is 1. The lowest BCUT2D eigenvalue weighted by atomic mass is 9.70. The Kier molecular flexibility index (Phi) is 8.65. The molecular weight excluding hydrogens is 384 g/mol. The van der Waals surface area contributed by atoms with Crippen LogP contribution < -0.4 is 4.74 Å². The van der Waals surface area contributed by atoms with Gasteiger partial charge in [-0.3, -0.25) is 0 Å². The van der Waals surface area contributed by atoms with Crippen LogP contribution in [0.2, 0.25) is 0 Å². The Morgan fingerprint density at radius 3 is 2.52 bits per heavy atom.